The van der Waals surface area contributed by atoms with Crippen LogP contribution in [-0.4, -0.2) is 46.6 Å². The molecule has 0 spiro atoms. The van der Waals surface area contributed by atoms with E-state index >= 15 is 0 Å². The lowest BCUT2D eigenvalue weighted by molar-refractivity contribution is -0.144. The number of hydrogen-bond donors (Lipinski definition) is 3. The molecule has 0 radical (unpaired) electrons. The Hall–Kier alpha value is -2.08. The number of phenols is 1. The van der Waals surface area contributed by atoms with Gasteiger partial charge in [-0.25, -0.2) is 0 Å². The van der Waals surface area contributed by atoms with Gasteiger partial charge in [0.15, 0.2) is 0 Å². The fourth-order valence-corrected chi connectivity index (χ4v) is 2.66. The van der Waals surface area contributed by atoms with E-state index in [0.717, 1.165) is 25.9 Å². The van der Waals surface area contributed by atoms with Gasteiger partial charge in [-0.05, 0) is 50.2 Å². The number of hydrogen-bond acceptors (Lipinski definition) is 4. The molecule has 1 fully saturated rings. The summed E-state index contributed by atoms with van der Waals surface area (Å²) in [5.41, 5.74) is 0.546. The summed E-state index contributed by atoms with van der Waals surface area (Å²) in [6.07, 6.45) is 3.32. The molecule has 22 heavy (non-hydrogen) atoms. The number of aliphatic carboxylic acids is 1. The quantitative estimate of drug-likeness (QED) is 0.699. The number of amides is 1. The number of carbonyl (C=O) groups excluding carboxylic acids is 1. The smallest absolute Gasteiger partial charge is 0.308 e. The van der Waals surface area contributed by atoms with Crippen molar-refractivity contribution in [2.24, 2.45) is 5.92 Å². The van der Waals surface area contributed by atoms with Gasteiger partial charge in [-0.3, -0.25) is 9.59 Å². The third kappa shape index (κ3) is 5.04. The van der Waals surface area contributed by atoms with Gasteiger partial charge in [-0.1, -0.05) is 6.42 Å². The van der Waals surface area contributed by atoms with Crippen molar-refractivity contribution in [3.8, 4) is 5.75 Å². The predicted molar refractivity (Wildman–Crippen MR) is 82.8 cm³/mol. The SMILES string of the molecule is O=C(CC(CN1CCCCC1)C(=O)O)Nc1ccc(O)cc1. The summed E-state index contributed by atoms with van der Waals surface area (Å²) in [7, 11) is 0. The summed E-state index contributed by atoms with van der Waals surface area (Å²) < 4.78 is 0. The van der Waals surface area contributed by atoms with Crippen LogP contribution in [0.5, 0.6) is 5.75 Å². The molecule has 1 aliphatic rings. The van der Waals surface area contributed by atoms with E-state index in [1.54, 1.807) is 12.1 Å². The molecule has 1 heterocycles. The Morgan fingerprint density at radius 2 is 1.77 bits per heavy atom. The number of nitrogens with zero attached hydrogens (tertiary/aromatic N) is 1. The number of carboxylic acid groups (broad SMARTS) is 1. The van der Waals surface area contributed by atoms with E-state index in [2.05, 4.69) is 10.2 Å². The molecule has 2 rings (SSSR count). The number of benzene rings is 1. The first-order valence-electron chi connectivity index (χ1n) is 7.58. The van der Waals surface area contributed by atoms with Crippen molar-refractivity contribution in [1.29, 1.82) is 0 Å². The van der Waals surface area contributed by atoms with E-state index in [1.807, 2.05) is 0 Å². The van der Waals surface area contributed by atoms with Crippen LogP contribution in [0.1, 0.15) is 25.7 Å². The van der Waals surface area contributed by atoms with Crippen LogP contribution in [0.15, 0.2) is 24.3 Å². The largest absolute Gasteiger partial charge is 0.508 e. The van der Waals surface area contributed by atoms with E-state index in [9.17, 15) is 19.8 Å². The Balaban J connectivity index is 1.87. The molecule has 1 amide bonds. The van der Waals surface area contributed by atoms with E-state index < -0.39 is 11.9 Å². The predicted octanol–water partition coefficient (Wildman–Crippen LogP) is 1.91. The number of aromatic hydroxyl groups is 1. The van der Waals surface area contributed by atoms with Crippen LogP contribution < -0.4 is 5.32 Å². The number of likely N-dealkylation sites (tertiary alicyclic amines) is 1. The second-order valence-electron chi connectivity index (χ2n) is 5.70. The molecule has 120 valence electrons. The van der Waals surface area contributed by atoms with E-state index in [0.29, 0.717) is 12.2 Å². The van der Waals surface area contributed by atoms with Gasteiger partial charge in [0.1, 0.15) is 5.75 Å². The highest BCUT2D eigenvalue weighted by atomic mass is 16.4. The van der Waals surface area contributed by atoms with Gasteiger partial charge in [0, 0.05) is 18.7 Å². The van der Waals surface area contributed by atoms with Crippen molar-refractivity contribution in [2.45, 2.75) is 25.7 Å². The molecule has 1 atom stereocenters. The maximum atomic E-state index is 12.0. The van der Waals surface area contributed by atoms with Gasteiger partial charge in [0.05, 0.1) is 5.92 Å². The maximum Gasteiger partial charge on any atom is 0.308 e. The van der Waals surface area contributed by atoms with Gasteiger partial charge in [-0.2, -0.15) is 0 Å². The summed E-state index contributed by atoms with van der Waals surface area (Å²) in [6, 6.07) is 6.09. The van der Waals surface area contributed by atoms with Gasteiger partial charge in [-0.15, -0.1) is 0 Å². The highest BCUT2D eigenvalue weighted by Gasteiger charge is 2.25. The average Bonchev–Trinajstić information content (AvgIpc) is 2.50. The van der Waals surface area contributed by atoms with Crippen molar-refractivity contribution in [3.05, 3.63) is 24.3 Å². The molecule has 0 aromatic heterocycles. The fraction of sp³-hybridized carbons (Fsp3) is 0.500. The lowest BCUT2D eigenvalue weighted by atomic mass is 10.0. The minimum absolute atomic E-state index is 0.0489. The molecule has 0 aliphatic carbocycles. The third-order valence-corrected chi connectivity index (χ3v) is 3.86. The number of anilines is 1. The zero-order valence-electron chi connectivity index (χ0n) is 12.5. The van der Waals surface area contributed by atoms with Crippen molar-refractivity contribution < 1.29 is 19.8 Å². The van der Waals surface area contributed by atoms with E-state index in [-0.39, 0.29) is 18.1 Å². The maximum absolute atomic E-state index is 12.0. The Morgan fingerprint density at radius 3 is 2.36 bits per heavy atom. The van der Waals surface area contributed by atoms with Crippen LogP contribution in [-0.2, 0) is 9.59 Å². The zero-order valence-corrected chi connectivity index (χ0v) is 12.5. The van der Waals surface area contributed by atoms with Crippen LogP contribution in [0.3, 0.4) is 0 Å². The monoisotopic (exact) mass is 306 g/mol. The van der Waals surface area contributed by atoms with E-state index in [1.165, 1.54) is 18.6 Å². The number of nitrogens with one attached hydrogen (secondary N) is 1. The Morgan fingerprint density at radius 1 is 1.14 bits per heavy atom. The van der Waals surface area contributed by atoms with Crippen LogP contribution in [0.4, 0.5) is 5.69 Å². The average molecular weight is 306 g/mol. The number of piperidine rings is 1. The Kier molecular flexibility index (Phi) is 5.77. The molecule has 1 saturated heterocycles. The normalized spacial score (nSPS) is 16.9. The van der Waals surface area contributed by atoms with Crippen molar-refractivity contribution in [3.63, 3.8) is 0 Å². The first kappa shape index (κ1) is 16.3. The molecular weight excluding hydrogens is 284 g/mol. The summed E-state index contributed by atoms with van der Waals surface area (Å²) in [4.78, 5) is 25.5. The second kappa shape index (κ2) is 7.79. The van der Waals surface area contributed by atoms with Crippen molar-refractivity contribution >= 4 is 17.6 Å². The lowest BCUT2D eigenvalue weighted by Gasteiger charge is -2.28. The first-order valence-corrected chi connectivity index (χ1v) is 7.58. The van der Waals surface area contributed by atoms with Gasteiger partial charge >= 0.3 is 5.97 Å². The van der Waals surface area contributed by atoms with Gasteiger partial charge < -0.3 is 20.4 Å². The lowest BCUT2D eigenvalue weighted by Crippen LogP contribution is -2.38. The van der Waals surface area contributed by atoms with Crippen molar-refractivity contribution in [2.75, 3.05) is 25.0 Å². The minimum atomic E-state index is -0.938. The molecule has 3 N–H and O–H groups in total. The van der Waals surface area contributed by atoms with Gasteiger partial charge in [0.2, 0.25) is 5.91 Å². The topological polar surface area (TPSA) is 89.9 Å². The molecule has 0 saturated carbocycles. The molecule has 6 nitrogen and oxygen atoms in total. The zero-order chi connectivity index (χ0) is 15.9. The van der Waals surface area contributed by atoms with E-state index in [4.69, 9.17) is 0 Å². The number of phenolic OH excluding ortho intramolecular Hbond substituents is 1. The Bertz CT molecular complexity index is 509. The molecule has 1 aromatic carbocycles. The molecule has 1 aliphatic heterocycles. The molecule has 0 bridgehead atoms. The number of carboxylic acids is 1. The highest BCUT2D eigenvalue weighted by molar-refractivity contribution is 5.93. The van der Waals surface area contributed by atoms with Crippen LogP contribution in [0, 0.1) is 5.92 Å². The summed E-state index contributed by atoms with van der Waals surface area (Å²) in [5, 5.41) is 21.2. The van der Waals surface area contributed by atoms with Crippen LogP contribution >= 0.6 is 0 Å². The molecule has 6 heteroatoms. The van der Waals surface area contributed by atoms with Crippen molar-refractivity contribution in [1.82, 2.24) is 4.90 Å². The molecule has 1 aromatic rings. The summed E-state index contributed by atoms with van der Waals surface area (Å²) >= 11 is 0. The standard InChI is InChI=1S/C16H22N2O4/c19-14-6-4-13(5-7-14)17-15(20)10-12(16(21)22)11-18-8-2-1-3-9-18/h4-7,12,19H,1-3,8-11H2,(H,17,20)(H,21,22). The number of rotatable bonds is 6. The minimum Gasteiger partial charge on any atom is -0.508 e. The third-order valence-electron chi connectivity index (χ3n) is 3.86. The second-order valence-corrected chi connectivity index (χ2v) is 5.70. The van der Waals surface area contributed by atoms with Crippen LogP contribution in [0.25, 0.3) is 0 Å². The van der Waals surface area contributed by atoms with Crippen LogP contribution in [0.2, 0.25) is 0 Å². The molecule has 1 unspecified atom stereocenters. The first-order chi connectivity index (χ1) is 10.5. The van der Waals surface area contributed by atoms with Gasteiger partial charge in [0.25, 0.3) is 0 Å². The number of carbonyl (C=O) groups is 2. The highest BCUT2D eigenvalue weighted by Crippen LogP contribution is 2.16. The fourth-order valence-electron chi connectivity index (χ4n) is 2.66. The Labute approximate surface area is 129 Å². The summed E-state index contributed by atoms with van der Waals surface area (Å²) in [6.45, 7) is 2.23. The summed E-state index contributed by atoms with van der Waals surface area (Å²) in [5.74, 6) is -1.84. The molecular formula is C16H22N2O4.